The van der Waals surface area contributed by atoms with Crippen LogP contribution in [0.15, 0.2) is 0 Å². The van der Waals surface area contributed by atoms with E-state index in [1.807, 2.05) is 6.26 Å². The third-order valence-corrected chi connectivity index (χ3v) is 3.01. The first-order valence-electron chi connectivity index (χ1n) is 5.15. The van der Waals surface area contributed by atoms with Crippen molar-refractivity contribution in [2.75, 3.05) is 18.6 Å². The lowest BCUT2D eigenvalue weighted by Gasteiger charge is -2.21. The van der Waals surface area contributed by atoms with Crippen LogP contribution in [0.2, 0.25) is 0 Å². The summed E-state index contributed by atoms with van der Waals surface area (Å²) in [6.07, 6.45) is 4.61. The van der Waals surface area contributed by atoms with Crippen LogP contribution in [0.5, 0.6) is 0 Å². The Hall–Kier alpha value is -0.710. The molecule has 0 heterocycles. The maximum atomic E-state index is 11.7. The highest BCUT2D eigenvalue weighted by Crippen LogP contribution is 2.27. The van der Waals surface area contributed by atoms with Crippen molar-refractivity contribution in [3.8, 4) is 0 Å². The normalized spacial score (nSPS) is 15.0. The Morgan fingerprint density at radius 3 is 2.53 bits per heavy atom. The van der Waals surface area contributed by atoms with Crippen LogP contribution < -0.4 is 0 Å². The summed E-state index contributed by atoms with van der Waals surface area (Å²) in [6, 6.07) is 0.318. The number of carboxylic acids is 1. The molecule has 86 valence electrons. The van der Waals surface area contributed by atoms with Crippen LogP contribution in [-0.2, 0) is 9.59 Å². The molecule has 0 aromatic carbocycles. The lowest BCUT2D eigenvalue weighted by Crippen LogP contribution is -2.35. The predicted octanol–water partition coefficient (Wildman–Crippen LogP) is 1.21. The first kappa shape index (κ1) is 12.4. The van der Waals surface area contributed by atoms with E-state index in [4.69, 9.17) is 5.11 Å². The molecule has 1 fully saturated rings. The molecular weight excluding hydrogens is 214 g/mol. The highest BCUT2D eigenvalue weighted by Gasteiger charge is 2.32. The van der Waals surface area contributed by atoms with Gasteiger partial charge in [-0.1, -0.05) is 0 Å². The fourth-order valence-electron chi connectivity index (χ4n) is 1.45. The van der Waals surface area contributed by atoms with Gasteiger partial charge in [0.15, 0.2) is 0 Å². The summed E-state index contributed by atoms with van der Waals surface area (Å²) in [5.41, 5.74) is 0. The van der Waals surface area contributed by atoms with Crippen LogP contribution in [-0.4, -0.2) is 46.5 Å². The van der Waals surface area contributed by atoms with Gasteiger partial charge >= 0.3 is 5.97 Å². The van der Waals surface area contributed by atoms with Gasteiger partial charge in [0.05, 0.1) is 6.42 Å². The number of hydrogen-bond donors (Lipinski definition) is 1. The number of thioether (sulfide) groups is 1. The Balaban J connectivity index is 2.35. The topological polar surface area (TPSA) is 57.6 Å². The quantitative estimate of drug-likeness (QED) is 0.715. The Labute approximate surface area is 94.0 Å². The molecule has 0 aromatic rings. The van der Waals surface area contributed by atoms with E-state index < -0.39 is 5.97 Å². The van der Waals surface area contributed by atoms with E-state index in [1.165, 1.54) is 0 Å². The second-order valence-corrected chi connectivity index (χ2v) is 4.69. The predicted molar refractivity (Wildman–Crippen MR) is 60.0 cm³/mol. The molecule has 5 heteroatoms. The van der Waals surface area contributed by atoms with Crippen LogP contribution in [0.1, 0.15) is 25.7 Å². The average molecular weight is 231 g/mol. The van der Waals surface area contributed by atoms with Gasteiger partial charge in [-0.2, -0.15) is 11.8 Å². The minimum Gasteiger partial charge on any atom is -0.481 e. The lowest BCUT2D eigenvalue weighted by atomic mass is 10.3. The summed E-state index contributed by atoms with van der Waals surface area (Å²) in [6.45, 7) is 0.368. The van der Waals surface area contributed by atoms with Crippen molar-refractivity contribution in [1.29, 1.82) is 0 Å². The van der Waals surface area contributed by atoms with Gasteiger partial charge in [-0.3, -0.25) is 9.59 Å². The molecule has 1 saturated carbocycles. The third-order valence-electron chi connectivity index (χ3n) is 2.39. The summed E-state index contributed by atoms with van der Waals surface area (Å²) < 4.78 is 0. The maximum absolute atomic E-state index is 11.7. The van der Waals surface area contributed by atoms with Crippen molar-refractivity contribution in [2.45, 2.75) is 31.7 Å². The van der Waals surface area contributed by atoms with Crippen molar-refractivity contribution in [3.05, 3.63) is 0 Å². The lowest BCUT2D eigenvalue weighted by molar-refractivity contribution is -0.138. The van der Waals surface area contributed by atoms with E-state index >= 15 is 0 Å². The number of carbonyl (C=O) groups is 2. The Morgan fingerprint density at radius 1 is 1.40 bits per heavy atom. The zero-order valence-electron chi connectivity index (χ0n) is 8.94. The first-order valence-corrected chi connectivity index (χ1v) is 6.54. The number of rotatable bonds is 7. The Morgan fingerprint density at radius 2 is 2.07 bits per heavy atom. The van der Waals surface area contributed by atoms with Gasteiger partial charge in [0.2, 0.25) is 5.91 Å². The molecule has 0 bridgehead atoms. The van der Waals surface area contributed by atoms with Gasteiger partial charge in [0, 0.05) is 24.8 Å². The van der Waals surface area contributed by atoms with Crippen LogP contribution in [0.4, 0.5) is 0 Å². The average Bonchev–Trinajstić information content (AvgIpc) is 2.98. The fraction of sp³-hybridized carbons (Fsp3) is 0.800. The number of aliphatic carboxylic acids is 1. The van der Waals surface area contributed by atoms with Crippen molar-refractivity contribution in [3.63, 3.8) is 0 Å². The van der Waals surface area contributed by atoms with Crippen molar-refractivity contribution in [1.82, 2.24) is 4.90 Å². The van der Waals surface area contributed by atoms with Crippen molar-refractivity contribution >= 4 is 23.6 Å². The summed E-state index contributed by atoms with van der Waals surface area (Å²) in [4.78, 5) is 23.9. The van der Waals surface area contributed by atoms with Gasteiger partial charge in [-0.25, -0.2) is 0 Å². The molecule has 1 rings (SSSR count). The van der Waals surface area contributed by atoms with E-state index in [1.54, 1.807) is 16.7 Å². The molecule has 1 aliphatic carbocycles. The number of carbonyl (C=O) groups excluding carboxylic acids is 1. The zero-order valence-corrected chi connectivity index (χ0v) is 9.76. The molecule has 0 saturated heterocycles. The standard InChI is InChI=1S/C10H17NO3S/c1-15-7-5-9(12)11(8-2-3-8)6-4-10(13)14/h8H,2-7H2,1H3,(H,13,14). The summed E-state index contributed by atoms with van der Waals surface area (Å²) in [5.74, 6) is 0.0844. The second-order valence-electron chi connectivity index (χ2n) is 3.70. The second kappa shape index (κ2) is 6.00. The number of amides is 1. The Kier molecular flexibility index (Phi) is 4.94. The number of nitrogens with zero attached hydrogens (tertiary/aromatic N) is 1. The van der Waals surface area contributed by atoms with Crippen molar-refractivity contribution in [2.24, 2.45) is 0 Å². The monoisotopic (exact) mass is 231 g/mol. The summed E-state index contributed by atoms with van der Waals surface area (Å²) in [7, 11) is 0. The first-order chi connectivity index (χ1) is 7.15. The van der Waals surface area contributed by atoms with E-state index in [2.05, 4.69) is 0 Å². The molecule has 1 N–H and O–H groups in total. The van der Waals surface area contributed by atoms with Crippen LogP contribution in [0.3, 0.4) is 0 Å². The molecule has 1 amide bonds. The molecule has 0 unspecified atom stereocenters. The smallest absolute Gasteiger partial charge is 0.305 e. The van der Waals surface area contributed by atoms with Crippen LogP contribution in [0, 0.1) is 0 Å². The van der Waals surface area contributed by atoms with Gasteiger partial charge in [0.1, 0.15) is 0 Å². The van der Waals surface area contributed by atoms with Gasteiger partial charge in [-0.15, -0.1) is 0 Å². The minimum atomic E-state index is -0.835. The molecule has 0 aromatic heterocycles. The summed E-state index contributed by atoms with van der Waals surface area (Å²) in [5, 5.41) is 8.58. The highest BCUT2D eigenvalue weighted by atomic mass is 32.2. The molecule has 0 aliphatic heterocycles. The molecular formula is C10H17NO3S. The largest absolute Gasteiger partial charge is 0.481 e. The number of carboxylic acid groups (broad SMARTS) is 1. The van der Waals surface area contributed by atoms with E-state index in [9.17, 15) is 9.59 Å². The van der Waals surface area contributed by atoms with Gasteiger partial charge < -0.3 is 10.0 Å². The molecule has 0 radical (unpaired) electrons. The minimum absolute atomic E-state index is 0.0571. The Bertz CT molecular complexity index is 241. The SMILES string of the molecule is CSCCC(=O)N(CCC(=O)O)C1CC1. The fourth-order valence-corrected chi connectivity index (χ4v) is 1.82. The highest BCUT2D eigenvalue weighted by molar-refractivity contribution is 7.98. The van der Waals surface area contributed by atoms with E-state index in [0.717, 1.165) is 18.6 Å². The maximum Gasteiger partial charge on any atom is 0.305 e. The molecule has 0 spiro atoms. The van der Waals surface area contributed by atoms with E-state index in [-0.39, 0.29) is 12.3 Å². The molecule has 1 aliphatic rings. The zero-order chi connectivity index (χ0) is 11.3. The van der Waals surface area contributed by atoms with E-state index in [0.29, 0.717) is 19.0 Å². The van der Waals surface area contributed by atoms with Crippen molar-refractivity contribution < 1.29 is 14.7 Å². The van der Waals surface area contributed by atoms with Crippen LogP contribution in [0.25, 0.3) is 0 Å². The third kappa shape index (κ3) is 4.55. The summed E-state index contributed by atoms with van der Waals surface area (Å²) >= 11 is 1.64. The molecule has 15 heavy (non-hydrogen) atoms. The molecule has 0 atom stereocenters. The van der Waals surface area contributed by atoms with Crippen LogP contribution >= 0.6 is 11.8 Å². The molecule has 4 nitrogen and oxygen atoms in total. The number of hydrogen-bond acceptors (Lipinski definition) is 3. The van der Waals surface area contributed by atoms with Gasteiger partial charge in [-0.05, 0) is 19.1 Å². The van der Waals surface area contributed by atoms with Gasteiger partial charge in [0.25, 0.3) is 0 Å².